The molecule has 0 aromatic carbocycles. The molecule has 4 nitrogen and oxygen atoms in total. The van der Waals surface area contributed by atoms with Gasteiger partial charge in [0.2, 0.25) is 5.91 Å². The Morgan fingerprint density at radius 3 is 1.72 bits per heavy atom. The second-order valence-corrected chi connectivity index (χ2v) is 7.21. The Labute approximate surface area is 111 Å². The summed E-state index contributed by atoms with van der Waals surface area (Å²) in [6.07, 6.45) is 0. The lowest BCUT2D eigenvalue weighted by atomic mass is 9.95. The van der Waals surface area contributed by atoms with Crippen LogP contribution in [0.2, 0.25) is 0 Å². The molecular formula is C14H29N3O. The van der Waals surface area contributed by atoms with E-state index in [4.69, 9.17) is 5.73 Å². The molecular weight excluding hydrogens is 226 g/mol. The van der Waals surface area contributed by atoms with Crippen LogP contribution in [-0.4, -0.2) is 52.0 Å². The summed E-state index contributed by atoms with van der Waals surface area (Å²) in [6, 6.07) is 0.722. The number of piperazine rings is 1. The first-order valence-electron chi connectivity index (χ1n) is 6.81. The third-order valence-electron chi connectivity index (χ3n) is 3.53. The van der Waals surface area contributed by atoms with Gasteiger partial charge in [-0.25, -0.2) is 0 Å². The number of hydrogen-bond donors (Lipinski definition) is 1. The van der Waals surface area contributed by atoms with Gasteiger partial charge in [-0.3, -0.25) is 9.69 Å². The zero-order valence-electron chi connectivity index (χ0n) is 12.9. The van der Waals surface area contributed by atoms with Crippen LogP contribution in [0.1, 0.15) is 48.5 Å². The largest absolute Gasteiger partial charge is 0.338 e. The Bertz CT molecular complexity index is 302. The van der Waals surface area contributed by atoms with E-state index in [1.165, 1.54) is 0 Å². The Hall–Kier alpha value is -0.610. The molecule has 0 bridgehead atoms. The molecule has 1 heterocycles. The lowest BCUT2D eigenvalue weighted by Gasteiger charge is -2.51. The Balaban J connectivity index is 2.83. The van der Waals surface area contributed by atoms with Gasteiger partial charge in [0, 0.05) is 30.7 Å². The molecule has 2 unspecified atom stereocenters. The molecule has 0 aromatic rings. The summed E-state index contributed by atoms with van der Waals surface area (Å²) in [5.74, 6) is 0.0507. The van der Waals surface area contributed by atoms with Crippen LogP contribution in [0.3, 0.4) is 0 Å². The summed E-state index contributed by atoms with van der Waals surface area (Å²) in [4.78, 5) is 16.7. The second kappa shape index (κ2) is 4.82. The SMILES string of the molecule is CC1CN(C(=O)C(C)(C)N)CC(C)N1C(C)(C)C. The first kappa shape index (κ1) is 15.4. The second-order valence-electron chi connectivity index (χ2n) is 7.21. The normalized spacial score (nSPS) is 27.4. The van der Waals surface area contributed by atoms with Crippen molar-refractivity contribution in [2.75, 3.05) is 13.1 Å². The van der Waals surface area contributed by atoms with Gasteiger partial charge in [-0.15, -0.1) is 0 Å². The first-order chi connectivity index (χ1) is 7.94. The van der Waals surface area contributed by atoms with Crippen molar-refractivity contribution in [3.63, 3.8) is 0 Å². The molecule has 1 rings (SSSR count). The molecule has 0 spiro atoms. The van der Waals surface area contributed by atoms with Crippen molar-refractivity contribution >= 4 is 5.91 Å². The molecule has 2 N–H and O–H groups in total. The number of hydrogen-bond acceptors (Lipinski definition) is 3. The lowest BCUT2D eigenvalue weighted by molar-refractivity contribution is -0.142. The van der Waals surface area contributed by atoms with Gasteiger partial charge in [0.1, 0.15) is 0 Å². The average molecular weight is 255 g/mol. The number of nitrogens with two attached hydrogens (primary N) is 1. The Morgan fingerprint density at radius 2 is 1.44 bits per heavy atom. The van der Waals surface area contributed by atoms with Crippen molar-refractivity contribution in [2.24, 2.45) is 5.73 Å². The van der Waals surface area contributed by atoms with Crippen molar-refractivity contribution in [1.82, 2.24) is 9.80 Å². The maximum absolute atomic E-state index is 12.2. The van der Waals surface area contributed by atoms with E-state index in [9.17, 15) is 4.79 Å². The van der Waals surface area contributed by atoms with Crippen molar-refractivity contribution in [3.8, 4) is 0 Å². The van der Waals surface area contributed by atoms with Crippen molar-refractivity contribution in [1.29, 1.82) is 0 Å². The van der Waals surface area contributed by atoms with Crippen LogP contribution in [0.4, 0.5) is 0 Å². The highest BCUT2D eigenvalue weighted by atomic mass is 16.2. The van der Waals surface area contributed by atoms with Gasteiger partial charge in [-0.2, -0.15) is 0 Å². The van der Waals surface area contributed by atoms with Crippen LogP contribution < -0.4 is 5.73 Å². The predicted molar refractivity (Wildman–Crippen MR) is 75.4 cm³/mol. The molecule has 1 aliphatic rings. The molecule has 106 valence electrons. The van der Waals surface area contributed by atoms with Crippen molar-refractivity contribution in [3.05, 3.63) is 0 Å². The fourth-order valence-corrected chi connectivity index (χ4v) is 3.22. The summed E-state index contributed by atoms with van der Waals surface area (Å²) in [5.41, 5.74) is 5.27. The van der Waals surface area contributed by atoms with E-state index in [1.807, 2.05) is 4.90 Å². The zero-order valence-corrected chi connectivity index (χ0v) is 12.9. The molecule has 1 saturated heterocycles. The van der Waals surface area contributed by atoms with E-state index in [2.05, 4.69) is 39.5 Å². The fourth-order valence-electron chi connectivity index (χ4n) is 3.22. The van der Waals surface area contributed by atoms with Gasteiger partial charge < -0.3 is 10.6 Å². The van der Waals surface area contributed by atoms with Crippen LogP contribution in [0.5, 0.6) is 0 Å². The summed E-state index contributed by atoms with van der Waals surface area (Å²) >= 11 is 0. The van der Waals surface area contributed by atoms with Gasteiger partial charge in [0.15, 0.2) is 0 Å². The monoisotopic (exact) mass is 255 g/mol. The highest BCUT2D eigenvalue weighted by molar-refractivity contribution is 5.85. The molecule has 18 heavy (non-hydrogen) atoms. The molecule has 2 atom stereocenters. The van der Waals surface area contributed by atoms with Gasteiger partial charge in [0.25, 0.3) is 0 Å². The number of rotatable bonds is 1. The van der Waals surface area contributed by atoms with Gasteiger partial charge in [-0.1, -0.05) is 0 Å². The molecule has 1 aliphatic heterocycles. The lowest BCUT2D eigenvalue weighted by Crippen LogP contribution is -2.65. The van der Waals surface area contributed by atoms with E-state index in [0.29, 0.717) is 12.1 Å². The van der Waals surface area contributed by atoms with Crippen molar-refractivity contribution in [2.45, 2.75) is 71.6 Å². The van der Waals surface area contributed by atoms with Crippen LogP contribution >= 0.6 is 0 Å². The minimum absolute atomic E-state index is 0.0507. The smallest absolute Gasteiger partial charge is 0.242 e. The average Bonchev–Trinajstić information content (AvgIpc) is 2.11. The number of nitrogens with zero attached hydrogens (tertiary/aromatic N) is 2. The van der Waals surface area contributed by atoms with Gasteiger partial charge >= 0.3 is 0 Å². The minimum atomic E-state index is -0.774. The maximum atomic E-state index is 12.2. The molecule has 0 saturated carbocycles. The molecule has 0 aliphatic carbocycles. The molecule has 0 radical (unpaired) electrons. The summed E-state index contributed by atoms with van der Waals surface area (Å²) in [7, 11) is 0. The van der Waals surface area contributed by atoms with Crippen LogP contribution in [0, 0.1) is 0 Å². The molecule has 4 heteroatoms. The summed E-state index contributed by atoms with van der Waals surface area (Å²) in [6.45, 7) is 16.1. The van der Waals surface area contributed by atoms with Crippen LogP contribution in [0.25, 0.3) is 0 Å². The van der Waals surface area contributed by atoms with Gasteiger partial charge in [0.05, 0.1) is 5.54 Å². The summed E-state index contributed by atoms with van der Waals surface area (Å²) < 4.78 is 0. The highest BCUT2D eigenvalue weighted by Crippen LogP contribution is 2.26. The number of amides is 1. The molecule has 1 amide bonds. The fraction of sp³-hybridized carbons (Fsp3) is 0.929. The molecule has 0 aromatic heterocycles. The van der Waals surface area contributed by atoms with E-state index >= 15 is 0 Å². The first-order valence-corrected chi connectivity index (χ1v) is 6.81. The van der Waals surface area contributed by atoms with E-state index in [1.54, 1.807) is 13.8 Å². The Kier molecular flexibility index (Phi) is 4.13. The predicted octanol–water partition coefficient (Wildman–Crippen LogP) is 1.44. The third-order valence-corrected chi connectivity index (χ3v) is 3.53. The van der Waals surface area contributed by atoms with E-state index in [-0.39, 0.29) is 11.4 Å². The molecule has 1 fully saturated rings. The zero-order chi connectivity index (χ0) is 14.3. The quantitative estimate of drug-likeness (QED) is 0.771. The minimum Gasteiger partial charge on any atom is -0.338 e. The summed E-state index contributed by atoms with van der Waals surface area (Å²) in [5, 5.41) is 0. The van der Waals surface area contributed by atoms with E-state index in [0.717, 1.165) is 13.1 Å². The number of carbonyl (C=O) groups excluding carboxylic acids is 1. The maximum Gasteiger partial charge on any atom is 0.242 e. The van der Waals surface area contributed by atoms with Gasteiger partial charge in [-0.05, 0) is 48.5 Å². The topological polar surface area (TPSA) is 49.6 Å². The Morgan fingerprint density at radius 1 is 1.06 bits per heavy atom. The highest BCUT2D eigenvalue weighted by Gasteiger charge is 2.39. The van der Waals surface area contributed by atoms with E-state index < -0.39 is 5.54 Å². The van der Waals surface area contributed by atoms with Crippen LogP contribution in [-0.2, 0) is 4.79 Å². The number of carbonyl (C=O) groups is 1. The van der Waals surface area contributed by atoms with Crippen LogP contribution in [0.15, 0.2) is 0 Å². The van der Waals surface area contributed by atoms with Crippen molar-refractivity contribution < 1.29 is 4.79 Å². The standard InChI is InChI=1S/C14H29N3O/c1-10-8-16(12(18)14(6,7)15)9-11(2)17(10)13(3,4)5/h10-11H,8-9,15H2,1-7H3. The third kappa shape index (κ3) is 3.23.